The Kier molecular flexibility index (Phi) is 5.14. The zero-order chi connectivity index (χ0) is 18.1. The van der Waals surface area contributed by atoms with Crippen LogP contribution in [0.3, 0.4) is 0 Å². The number of hydrogen-bond donors (Lipinski definition) is 2. The van der Waals surface area contributed by atoms with Crippen molar-refractivity contribution in [1.82, 2.24) is 4.57 Å². The first-order chi connectivity index (χ1) is 12.6. The van der Waals surface area contributed by atoms with Gasteiger partial charge in [0.1, 0.15) is 12.6 Å². The van der Waals surface area contributed by atoms with E-state index >= 15 is 0 Å². The summed E-state index contributed by atoms with van der Waals surface area (Å²) in [4.78, 5) is 14.2. The highest BCUT2D eigenvalue weighted by molar-refractivity contribution is 6.04. The Morgan fingerprint density at radius 1 is 1.12 bits per heavy atom. The first kappa shape index (κ1) is 17.7. The molecule has 1 aliphatic carbocycles. The molecular formula is C22H31N2O2+. The lowest BCUT2D eigenvalue weighted by Crippen LogP contribution is -3.13. The van der Waals surface area contributed by atoms with Crippen LogP contribution < -0.4 is 4.90 Å². The van der Waals surface area contributed by atoms with Crippen molar-refractivity contribution in [3.63, 3.8) is 0 Å². The molecule has 0 bridgehead atoms. The molecule has 0 unspecified atom stereocenters. The minimum Gasteiger partial charge on any atom is -0.385 e. The summed E-state index contributed by atoms with van der Waals surface area (Å²) in [5, 5.41) is 12.0. The van der Waals surface area contributed by atoms with Gasteiger partial charge < -0.3 is 14.6 Å². The van der Waals surface area contributed by atoms with Gasteiger partial charge in [-0.05, 0) is 63.1 Å². The second-order valence-electron chi connectivity index (χ2n) is 8.26. The van der Waals surface area contributed by atoms with E-state index < -0.39 is 6.10 Å². The van der Waals surface area contributed by atoms with Crippen molar-refractivity contribution in [3.05, 3.63) is 35.0 Å². The van der Waals surface area contributed by atoms with Crippen LogP contribution in [0.4, 0.5) is 0 Å². The van der Waals surface area contributed by atoms with Crippen molar-refractivity contribution in [2.24, 2.45) is 0 Å². The third kappa shape index (κ3) is 3.45. The van der Waals surface area contributed by atoms with Gasteiger partial charge in [0.15, 0.2) is 5.78 Å². The molecule has 0 amide bonds. The zero-order valence-corrected chi connectivity index (χ0v) is 15.9. The zero-order valence-electron chi connectivity index (χ0n) is 15.9. The van der Waals surface area contributed by atoms with Crippen molar-refractivity contribution >= 4 is 16.7 Å². The summed E-state index contributed by atoms with van der Waals surface area (Å²) >= 11 is 0. The lowest BCUT2D eigenvalue weighted by molar-refractivity contribution is -0.902. The molecule has 2 N–H and O–H groups in total. The van der Waals surface area contributed by atoms with Gasteiger partial charge >= 0.3 is 0 Å². The highest BCUT2D eigenvalue weighted by Gasteiger charge is 2.27. The summed E-state index contributed by atoms with van der Waals surface area (Å²) in [7, 11) is 0. The largest absolute Gasteiger partial charge is 0.385 e. The molecule has 4 rings (SSSR count). The molecule has 4 nitrogen and oxygen atoms in total. The maximum Gasteiger partial charge on any atom is 0.179 e. The first-order valence-corrected chi connectivity index (χ1v) is 10.3. The van der Waals surface area contributed by atoms with E-state index in [0.29, 0.717) is 13.0 Å². The van der Waals surface area contributed by atoms with Gasteiger partial charge in [0, 0.05) is 17.3 Å². The van der Waals surface area contributed by atoms with Gasteiger partial charge in [0.25, 0.3) is 0 Å². The number of aryl methyl sites for hydroxylation is 2. The lowest BCUT2D eigenvalue weighted by Gasteiger charge is -2.22. The Balaban J connectivity index is 1.63. The molecule has 26 heavy (non-hydrogen) atoms. The average Bonchev–Trinajstić information content (AvgIpc) is 2.76. The Hall–Kier alpha value is -1.65. The van der Waals surface area contributed by atoms with Crippen LogP contribution >= 0.6 is 0 Å². The summed E-state index contributed by atoms with van der Waals surface area (Å²) in [6, 6.07) is 6.44. The van der Waals surface area contributed by atoms with E-state index in [1.807, 2.05) is 0 Å². The van der Waals surface area contributed by atoms with Crippen molar-refractivity contribution in [2.75, 3.05) is 19.6 Å². The molecule has 1 aromatic heterocycles. The van der Waals surface area contributed by atoms with Crippen LogP contribution in [0.15, 0.2) is 18.2 Å². The van der Waals surface area contributed by atoms with Gasteiger partial charge in [-0.1, -0.05) is 11.6 Å². The topological polar surface area (TPSA) is 46.7 Å². The Labute approximate surface area is 155 Å². The van der Waals surface area contributed by atoms with E-state index in [1.54, 1.807) is 0 Å². The fourth-order valence-electron chi connectivity index (χ4n) is 4.88. The van der Waals surface area contributed by atoms with E-state index in [4.69, 9.17) is 0 Å². The normalized spacial score (nSPS) is 20.2. The van der Waals surface area contributed by atoms with E-state index in [1.165, 1.54) is 60.2 Å². The van der Waals surface area contributed by atoms with Crippen LogP contribution in [0.1, 0.15) is 60.1 Å². The number of aromatic nitrogens is 1. The fourth-order valence-corrected chi connectivity index (χ4v) is 4.88. The number of hydrogen-bond acceptors (Lipinski definition) is 2. The number of rotatable bonds is 4. The maximum absolute atomic E-state index is 12.7. The van der Waals surface area contributed by atoms with Gasteiger partial charge in [-0.25, -0.2) is 0 Å². The average molecular weight is 356 g/mol. The monoisotopic (exact) mass is 355 g/mol. The second kappa shape index (κ2) is 7.53. The Morgan fingerprint density at radius 2 is 1.88 bits per heavy atom. The van der Waals surface area contributed by atoms with E-state index in [0.717, 1.165) is 30.6 Å². The molecule has 2 heterocycles. The first-order valence-electron chi connectivity index (χ1n) is 10.3. The Bertz CT molecular complexity index is 800. The van der Waals surface area contributed by atoms with Gasteiger partial charge in [-0.15, -0.1) is 0 Å². The number of aliphatic hydroxyl groups excluding tert-OH is 1. The minimum atomic E-state index is -0.404. The summed E-state index contributed by atoms with van der Waals surface area (Å²) in [5.74, 6) is 0.245. The number of likely N-dealkylation sites (tertiary alicyclic amines) is 1. The number of benzene rings is 1. The number of Topliss-reactive ketones (excluding diaryl/α,β-unsaturated/α-hetero) is 1. The number of aliphatic hydroxyl groups is 1. The molecule has 1 saturated heterocycles. The summed E-state index contributed by atoms with van der Waals surface area (Å²) in [6.45, 7) is 5.75. The second-order valence-corrected chi connectivity index (χ2v) is 8.26. The summed E-state index contributed by atoms with van der Waals surface area (Å²) in [6.07, 6.45) is 7.32. The van der Waals surface area contributed by atoms with Gasteiger partial charge in [0.05, 0.1) is 25.3 Å². The molecule has 0 saturated carbocycles. The highest BCUT2D eigenvalue weighted by Crippen LogP contribution is 2.33. The Morgan fingerprint density at radius 3 is 2.65 bits per heavy atom. The van der Waals surface area contributed by atoms with Crippen molar-refractivity contribution in [1.29, 1.82) is 0 Å². The predicted molar refractivity (Wildman–Crippen MR) is 104 cm³/mol. The molecule has 4 heteroatoms. The number of nitrogens with one attached hydrogen (secondary N) is 1. The van der Waals surface area contributed by atoms with Crippen LogP contribution in [0.25, 0.3) is 10.9 Å². The number of ketones is 1. The molecule has 0 spiro atoms. The smallest absolute Gasteiger partial charge is 0.179 e. The van der Waals surface area contributed by atoms with Crippen LogP contribution in [0.5, 0.6) is 0 Å². The minimum absolute atomic E-state index is 0.245. The standard InChI is InChI=1S/C22H30N2O2/c1-16-9-10-20-19(13-16)18-7-6-8-21(26)22(18)24(20)15-17(25)14-23-11-4-2-3-5-12-23/h9-10,13,17,25H,2-8,11-12,14-15H2,1H3/p+1/t17-/m0/s1. The van der Waals surface area contributed by atoms with Gasteiger partial charge in [-0.2, -0.15) is 0 Å². The quantitative estimate of drug-likeness (QED) is 0.884. The molecule has 1 fully saturated rings. The van der Waals surface area contributed by atoms with Crippen LogP contribution in [0.2, 0.25) is 0 Å². The highest BCUT2D eigenvalue weighted by atomic mass is 16.3. The van der Waals surface area contributed by atoms with Crippen molar-refractivity contribution in [3.8, 4) is 0 Å². The summed E-state index contributed by atoms with van der Waals surface area (Å²) in [5.41, 5.74) is 4.40. The lowest BCUT2D eigenvalue weighted by atomic mass is 9.94. The van der Waals surface area contributed by atoms with Crippen LogP contribution in [-0.2, 0) is 13.0 Å². The number of nitrogens with zero attached hydrogens (tertiary/aromatic N) is 1. The molecule has 1 aromatic carbocycles. The molecule has 1 atom stereocenters. The van der Waals surface area contributed by atoms with Crippen molar-refractivity contribution in [2.45, 2.75) is 64.5 Å². The molecule has 1 aliphatic heterocycles. The number of carbonyl (C=O) groups excluding carboxylic acids is 1. The predicted octanol–water partition coefficient (Wildman–Crippen LogP) is 2.29. The molecule has 2 aliphatic rings. The number of fused-ring (bicyclic) bond motifs is 3. The van der Waals surface area contributed by atoms with Gasteiger partial charge in [0.2, 0.25) is 0 Å². The van der Waals surface area contributed by atoms with Crippen LogP contribution in [0, 0.1) is 6.92 Å². The molecule has 0 radical (unpaired) electrons. The number of carbonyl (C=O) groups is 1. The SMILES string of the molecule is Cc1ccc2c(c1)c1c(n2C[C@@H](O)C[NH+]2CCCCCC2)C(=O)CCC1. The van der Waals surface area contributed by atoms with E-state index in [9.17, 15) is 9.90 Å². The third-order valence-electron chi connectivity index (χ3n) is 6.15. The van der Waals surface area contributed by atoms with E-state index in [-0.39, 0.29) is 5.78 Å². The summed E-state index contributed by atoms with van der Waals surface area (Å²) < 4.78 is 2.12. The fraction of sp³-hybridized carbons (Fsp3) is 0.591. The maximum atomic E-state index is 12.7. The van der Waals surface area contributed by atoms with Crippen LogP contribution in [-0.4, -0.2) is 41.2 Å². The van der Waals surface area contributed by atoms with E-state index in [2.05, 4.69) is 29.7 Å². The van der Waals surface area contributed by atoms with Crippen molar-refractivity contribution < 1.29 is 14.8 Å². The molecule has 2 aromatic rings. The molecule has 140 valence electrons. The molecular weight excluding hydrogens is 324 g/mol. The number of quaternary nitrogens is 1. The third-order valence-corrected chi connectivity index (χ3v) is 6.15. The van der Waals surface area contributed by atoms with Gasteiger partial charge in [-0.3, -0.25) is 4.79 Å².